The third-order valence-corrected chi connectivity index (χ3v) is 7.23. The van der Waals surface area contributed by atoms with Crippen molar-refractivity contribution < 1.29 is 0 Å². The Morgan fingerprint density at radius 1 is 1.12 bits per heavy atom. The summed E-state index contributed by atoms with van der Waals surface area (Å²) in [4.78, 5) is 4.78. The number of hydrogen-bond acceptors (Lipinski definition) is 4. The molecule has 0 radical (unpaired) electrons. The minimum absolute atomic E-state index is 0.0661. The van der Waals surface area contributed by atoms with Gasteiger partial charge in [0.25, 0.3) is 0 Å². The van der Waals surface area contributed by atoms with Gasteiger partial charge in [-0.3, -0.25) is 4.99 Å². The van der Waals surface area contributed by atoms with E-state index in [2.05, 4.69) is 62.1 Å². The lowest BCUT2D eigenvalue weighted by Gasteiger charge is -2.31. The number of nitrogens with two attached hydrogens (primary N) is 1. The van der Waals surface area contributed by atoms with Crippen LogP contribution in [0.1, 0.15) is 37.9 Å². The second-order valence-electron chi connectivity index (χ2n) is 6.80. The summed E-state index contributed by atoms with van der Waals surface area (Å²) >= 11 is 3.71. The van der Waals surface area contributed by atoms with E-state index in [1.165, 1.54) is 25.7 Å². The minimum atomic E-state index is -0.0661. The average molecular weight is 365 g/mol. The molecule has 0 fully saturated rings. The molecule has 2 aromatic carbocycles. The number of thiophene rings is 1. The van der Waals surface area contributed by atoms with Gasteiger partial charge in [0, 0.05) is 31.5 Å². The highest BCUT2D eigenvalue weighted by Crippen LogP contribution is 2.40. The molecule has 0 aliphatic carbocycles. The van der Waals surface area contributed by atoms with Crippen LogP contribution >= 0.6 is 23.1 Å². The molecule has 0 saturated carbocycles. The molecule has 4 rings (SSSR count). The van der Waals surface area contributed by atoms with Crippen molar-refractivity contribution in [3.63, 3.8) is 0 Å². The number of amidine groups is 1. The Morgan fingerprint density at radius 2 is 1.84 bits per heavy atom. The number of hydrogen-bond donors (Lipinski definition) is 1. The summed E-state index contributed by atoms with van der Waals surface area (Å²) < 4.78 is 2.54. The number of rotatable bonds is 1. The largest absolute Gasteiger partial charge is 0.386 e. The van der Waals surface area contributed by atoms with E-state index < -0.39 is 0 Å². The molecule has 3 aromatic rings. The lowest BCUT2D eigenvalue weighted by Crippen LogP contribution is -2.39. The van der Waals surface area contributed by atoms with Crippen molar-refractivity contribution in [2.75, 3.05) is 5.75 Å². The molecular weight excluding hydrogens is 344 g/mol. The first kappa shape index (κ1) is 16.5. The first-order chi connectivity index (χ1) is 12.0. The smallest absolute Gasteiger partial charge is 0.110 e. The molecule has 4 heteroatoms. The van der Waals surface area contributed by atoms with Crippen LogP contribution in [0.5, 0.6) is 0 Å². The van der Waals surface area contributed by atoms with E-state index in [9.17, 15) is 0 Å². The quantitative estimate of drug-likeness (QED) is 0.591. The van der Waals surface area contributed by atoms with Gasteiger partial charge < -0.3 is 5.73 Å². The van der Waals surface area contributed by atoms with Crippen LogP contribution in [0.25, 0.3) is 20.2 Å². The Kier molecular flexibility index (Phi) is 4.02. The Bertz CT molecular complexity index is 1060. The molecule has 1 atom stereocenters. The van der Waals surface area contributed by atoms with E-state index in [-0.39, 0.29) is 10.8 Å². The predicted molar refractivity (Wildman–Crippen MR) is 113 cm³/mol. The van der Waals surface area contributed by atoms with Crippen molar-refractivity contribution in [1.29, 1.82) is 0 Å². The third-order valence-electron chi connectivity index (χ3n) is 4.66. The lowest BCUT2D eigenvalue weighted by atomic mass is 10.0. The zero-order valence-electron chi connectivity index (χ0n) is 14.6. The molecule has 0 saturated heterocycles. The maximum Gasteiger partial charge on any atom is 0.110 e. The minimum Gasteiger partial charge on any atom is -0.386 e. The molecule has 126 valence electrons. The highest BCUT2D eigenvalue weighted by atomic mass is 32.2. The van der Waals surface area contributed by atoms with Crippen molar-refractivity contribution in [2.45, 2.75) is 31.6 Å². The molecule has 2 heterocycles. The molecule has 0 spiro atoms. The Morgan fingerprint density at radius 3 is 2.56 bits per heavy atom. The van der Waals surface area contributed by atoms with E-state index in [0.29, 0.717) is 0 Å². The van der Waals surface area contributed by atoms with Gasteiger partial charge in [-0.2, -0.15) is 0 Å². The van der Waals surface area contributed by atoms with Crippen LogP contribution < -0.4 is 5.73 Å². The van der Waals surface area contributed by atoms with Gasteiger partial charge in [0.2, 0.25) is 0 Å². The molecule has 1 aliphatic rings. The maximum absolute atomic E-state index is 6.19. The first-order valence-corrected chi connectivity index (χ1v) is 10.1. The number of nitrogens with zero attached hydrogens (tertiary/aromatic N) is 1. The van der Waals surface area contributed by atoms with Crippen LogP contribution in [0.15, 0.2) is 41.4 Å². The number of aliphatic imine (C=N–C) groups is 1. The van der Waals surface area contributed by atoms with Crippen molar-refractivity contribution in [3.8, 4) is 11.8 Å². The molecule has 0 bridgehead atoms. The Balaban J connectivity index is 1.84. The SMILES string of the molecule is CC#Cc1ccc2sc3ccc(C4CSC(C)(C)C(N)=N4)cc3c2c1. The Hall–Kier alpha value is -1.96. The first-order valence-electron chi connectivity index (χ1n) is 8.34. The lowest BCUT2D eigenvalue weighted by molar-refractivity contribution is 0.777. The maximum atomic E-state index is 6.19. The van der Waals surface area contributed by atoms with Crippen LogP contribution in [-0.4, -0.2) is 16.3 Å². The fraction of sp³-hybridized carbons (Fsp3) is 0.286. The van der Waals surface area contributed by atoms with Gasteiger partial charge in [0.15, 0.2) is 0 Å². The second kappa shape index (κ2) is 6.09. The molecule has 2 N–H and O–H groups in total. The third kappa shape index (κ3) is 2.92. The molecule has 2 nitrogen and oxygen atoms in total. The van der Waals surface area contributed by atoms with Crippen molar-refractivity contribution >= 4 is 49.1 Å². The van der Waals surface area contributed by atoms with Gasteiger partial charge in [0.05, 0.1) is 10.8 Å². The summed E-state index contributed by atoms with van der Waals surface area (Å²) in [5.74, 6) is 7.85. The summed E-state index contributed by atoms with van der Waals surface area (Å²) in [6.07, 6.45) is 0. The number of fused-ring (bicyclic) bond motifs is 3. The fourth-order valence-electron chi connectivity index (χ4n) is 3.12. The van der Waals surface area contributed by atoms with Crippen LogP contribution in [0.2, 0.25) is 0 Å². The van der Waals surface area contributed by atoms with Gasteiger partial charge >= 0.3 is 0 Å². The van der Waals surface area contributed by atoms with Crippen LogP contribution in [0.3, 0.4) is 0 Å². The molecule has 1 unspecified atom stereocenters. The molecule has 1 aliphatic heterocycles. The molecular formula is C21H20N2S2. The summed E-state index contributed by atoms with van der Waals surface area (Å²) in [7, 11) is 0. The topological polar surface area (TPSA) is 38.4 Å². The van der Waals surface area contributed by atoms with Crippen molar-refractivity contribution in [3.05, 3.63) is 47.5 Å². The highest BCUT2D eigenvalue weighted by molar-refractivity contribution is 8.01. The summed E-state index contributed by atoms with van der Waals surface area (Å²) in [6.45, 7) is 6.15. The van der Waals surface area contributed by atoms with E-state index in [4.69, 9.17) is 10.7 Å². The van der Waals surface area contributed by atoms with E-state index >= 15 is 0 Å². The zero-order valence-corrected chi connectivity index (χ0v) is 16.2. The van der Waals surface area contributed by atoms with Crippen molar-refractivity contribution in [2.24, 2.45) is 10.7 Å². The summed E-state index contributed by atoms with van der Waals surface area (Å²) in [5.41, 5.74) is 8.50. The van der Waals surface area contributed by atoms with Crippen molar-refractivity contribution in [1.82, 2.24) is 0 Å². The molecule has 1 aromatic heterocycles. The van der Waals surface area contributed by atoms with Crippen LogP contribution in [0, 0.1) is 11.8 Å². The standard InChI is InChI=1S/C21H20N2S2/c1-4-5-13-6-8-18-15(10-13)16-11-14(7-9-19(16)25-18)17-12-24-21(2,3)20(22)23-17/h6-11,17H,12H2,1-3H3,(H2,22,23). The fourth-order valence-corrected chi connectivity index (χ4v) is 5.23. The van der Waals surface area contributed by atoms with Gasteiger partial charge in [-0.25, -0.2) is 0 Å². The summed E-state index contributed by atoms with van der Waals surface area (Å²) in [6, 6.07) is 13.3. The average Bonchev–Trinajstić information content (AvgIpc) is 2.95. The normalized spacial score (nSPS) is 19.5. The summed E-state index contributed by atoms with van der Waals surface area (Å²) in [5, 5.41) is 2.57. The van der Waals surface area contributed by atoms with Gasteiger partial charge in [-0.15, -0.1) is 29.0 Å². The molecule has 0 amide bonds. The second-order valence-corrected chi connectivity index (χ2v) is 9.52. The zero-order chi connectivity index (χ0) is 17.6. The number of thioether (sulfide) groups is 1. The van der Waals surface area contributed by atoms with Crippen LogP contribution in [0.4, 0.5) is 0 Å². The van der Waals surface area contributed by atoms with E-state index in [0.717, 1.165) is 17.2 Å². The van der Waals surface area contributed by atoms with Gasteiger partial charge in [0.1, 0.15) is 5.84 Å². The monoisotopic (exact) mass is 364 g/mol. The Labute approximate surface area is 156 Å². The molecule has 25 heavy (non-hydrogen) atoms. The van der Waals surface area contributed by atoms with Crippen LogP contribution in [-0.2, 0) is 0 Å². The number of benzene rings is 2. The van der Waals surface area contributed by atoms with Gasteiger partial charge in [-0.1, -0.05) is 12.0 Å². The van der Waals surface area contributed by atoms with Gasteiger partial charge in [-0.05, 0) is 56.7 Å². The van der Waals surface area contributed by atoms with E-state index in [1.807, 2.05) is 30.0 Å². The predicted octanol–water partition coefficient (Wildman–Crippen LogP) is 5.35. The highest BCUT2D eigenvalue weighted by Gasteiger charge is 2.30. The van der Waals surface area contributed by atoms with E-state index in [1.54, 1.807) is 0 Å².